The third kappa shape index (κ3) is 600. The fourth-order valence-electron chi connectivity index (χ4n) is 0. The Morgan fingerprint density at radius 1 is 0.571 bits per heavy atom. The van der Waals surface area contributed by atoms with Crippen LogP contribution in [0.2, 0.25) is 0 Å². The summed E-state index contributed by atoms with van der Waals surface area (Å²) >= 11 is 0. The number of hydrogen-bond acceptors (Lipinski definition) is 3. The summed E-state index contributed by atoms with van der Waals surface area (Å²) in [6.45, 7) is 13.5. The molecule has 0 bridgehead atoms. The number of rotatable bonds is 0. The molecule has 38 valence electrons. The van der Waals surface area contributed by atoms with E-state index >= 15 is 0 Å². The zero-order valence-corrected chi connectivity index (χ0v) is 5.62. The second-order valence-electron chi connectivity index (χ2n) is 0. The Morgan fingerprint density at radius 2 is 0.571 bits per heavy atom. The van der Waals surface area contributed by atoms with E-state index in [0.29, 0.717) is 0 Å². The standard InChI is InChI=1S/3CO.Os/c3*1-2;. The zero-order valence-electron chi connectivity index (χ0n) is 3.08. The third-order valence-electron chi connectivity index (χ3n) is 0. The molecule has 0 aliphatic heterocycles. The van der Waals surface area contributed by atoms with Crippen molar-refractivity contribution in [3.05, 3.63) is 0 Å². The predicted octanol–water partition coefficient (Wildman–Crippen LogP) is -1.19. The Bertz CT molecular complexity index is 14.9. The third-order valence-corrected chi connectivity index (χ3v) is 0. The Morgan fingerprint density at radius 3 is 0.571 bits per heavy atom. The largest absolute Gasteiger partial charge is 0.281 e. The van der Waals surface area contributed by atoms with Crippen molar-refractivity contribution in [2.45, 2.75) is 0 Å². The van der Waals surface area contributed by atoms with E-state index in [0.717, 1.165) is 0 Å². The van der Waals surface area contributed by atoms with Crippen LogP contribution >= 0.6 is 0 Å². The maximum Gasteiger partial charge on any atom is 0.281 e. The van der Waals surface area contributed by atoms with Gasteiger partial charge in [0.05, 0.1) is 0 Å². The molecule has 0 amide bonds. The first kappa shape index (κ1) is 30.3. The van der Waals surface area contributed by atoms with Gasteiger partial charge in [-0.2, -0.15) is 0 Å². The van der Waals surface area contributed by atoms with Gasteiger partial charge in [-0.1, -0.05) is 0 Å². The van der Waals surface area contributed by atoms with Crippen LogP contribution in [0.1, 0.15) is 0 Å². The Balaban J connectivity index is -0.00000000900. The fraction of sp³-hybridized carbons (Fsp3) is 0. The zero-order chi connectivity index (χ0) is 6.00. The smallest absolute Gasteiger partial charge is 0.281 e. The van der Waals surface area contributed by atoms with Gasteiger partial charge in [-0.15, -0.1) is 0 Å². The monoisotopic (exact) mass is 276 g/mol. The molecular formula is C3O3Os. The summed E-state index contributed by atoms with van der Waals surface area (Å²) in [4.78, 5) is 22.5. The van der Waals surface area contributed by atoms with E-state index in [9.17, 15) is 0 Å². The van der Waals surface area contributed by atoms with Gasteiger partial charge < -0.3 is 0 Å². The molecule has 0 spiro atoms. The molecule has 3 nitrogen and oxygen atoms in total. The van der Waals surface area contributed by atoms with Crippen LogP contribution in [0.5, 0.6) is 0 Å². The van der Waals surface area contributed by atoms with Gasteiger partial charge in [0.15, 0.2) is 0 Å². The minimum absolute atomic E-state index is 0. The number of carbonyl (C=O) groups excluding carboxylic acids is 3. The molecule has 0 aromatic carbocycles. The second kappa shape index (κ2) is 975. The Kier molecular flexibility index (Phi) is 4210. The van der Waals surface area contributed by atoms with Gasteiger partial charge in [0.1, 0.15) is 0 Å². The average molecular weight is 274 g/mol. The average Bonchev–Trinajstić information content (AvgIpc) is 1.81. The van der Waals surface area contributed by atoms with Crippen LogP contribution in [0.25, 0.3) is 0 Å². The van der Waals surface area contributed by atoms with E-state index in [1.54, 1.807) is 0 Å². The molecule has 0 aromatic rings. The maximum atomic E-state index is 7.50. The summed E-state index contributed by atoms with van der Waals surface area (Å²) in [6, 6.07) is 0. The molecule has 0 aliphatic rings. The number of hydrogen-bond donors (Lipinski definition) is 0. The molecule has 0 saturated carbocycles. The molecule has 0 fully saturated rings. The minimum Gasteiger partial charge on any atom is -0.281 e. The fourth-order valence-corrected chi connectivity index (χ4v) is 0. The first-order valence-electron chi connectivity index (χ1n) is 0.612. The first-order chi connectivity index (χ1) is 3.00. The van der Waals surface area contributed by atoms with E-state index in [1.807, 2.05) is 0 Å². The van der Waals surface area contributed by atoms with Crippen molar-refractivity contribution < 1.29 is 34.2 Å². The van der Waals surface area contributed by atoms with Gasteiger partial charge in [-0.25, -0.2) is 0 Å². The molecule has 7 heavy (non-hydrogen) atoms. The van der Waals surface area contributed by atoms with Crippen LogP contribution < -0.4 is 0 Å². The van der Waals surface area contributed by atoms with Gasteiger partial charge >= 0.3 is 0 Å². The van der Waals surface area contributed by atoms with Crippen LogP contribution in [0.4, 0.5) is 0 Å². The van der Waals surface area contributed by atoms with Gasteiger partial charge in [0.25, 0.3) is 20.4 Å². The van der Waals surface area contributed by atoms with Crippen molar-refractivity contribution in [1.29, 1.82) is 0 Å². The van der Waals surface area contributed by atoms with Crippen LogP contribution in [-0.2, 0) is 34.2 Å². The van der Waals surface area contributed by atoms with Crippen molar-refractivity contribution in [2.75, 3.05) is 0 Å². The summed E-state index contributed by atoms with van der Waals surface area (Å²) in [5.74, 6) is 0. The van der Waals surface area contributed by atoms with E-state index in [1.165, 1.54) is 0 Å². The van der Waals surface area contributed by atoms with Crippen molar-refractivity contribution in [3.63, 3.8) is 0 Å². The van der Waals surface area contributed by atoms with Gasteiger partial charge in [0.2, 0.25) is 0 Å². The SMILES string of the molecule is [C]=O.[C]=O.[C]=O.[Os]. The molecule has 0 aliphatic carbocycles. The van der Waals surface area contributed by atoms with E-state index in [2.05, 4.69) is 20.4 Å². The van der Waals surface area contributed by atoms with Crippen molar-refractivity contribution in [3.8, 4) is 0 Å². The summed E-state index contributed by atoms with van der Waals surface area (Å²) in [6.07, 6.45) is 0. The summed E-state index contributed by atoms with van der Waals surface area (Å²) in [7, 11) is 0. The van der Waals surface area contributed by atoms with Crippen molar-refractivity contribution in [1.82, 2.24) is 0 Å². The first-order valence-corrected chi connectivity index (χ1v) is 0.612. The van der Waals surface area contributed by atoms with Crippen molar-refractivity contribution >= 4 is 20.4 Å². The Hall–Kier alpha value is -0.354. The molecule has 4 heteroatoms. The normalized spacial score (nSPS) is 1.71. The van der Waals surface area contributed by atoms with Crippen molar-refractivity contribution in [2.24, 2.45) is 0 Å². The molecule has 0 saturated heterocycles. The van der Waals surface area contributed by atoms with Crippen LogP contribution in [0.3, 0.4) is 0 Å². The molecule has 0 atom stereocenters. The summed E-state index contributed by atoms with van der Waals surface area (Å²) < 4.78 is 0. The Labute approximate surface area is 55.1 Å². The van der Waals surface area contributed by atoms with Crippen LogP contribution in [0.15, 0.2) is 0 Å². The minimum atomic E-state index is 0. The molecule has 0 N–H and O–H groups in total. The topological polar surface area (TPSA) is 51.2 Å². The molecule has 6 radical (unpaired) electrons. The summed E-state index contributed by atoms with van der Waals surface area (Å²) in [5, 5.41) is 0. The van der Waals surface area contributed by atoms with Gasteiger partial charge in [0, 0.05) is 19.8 Å². The van der Waals surface area contributed by atoms with E-state index < -0.39 is 0 Å². The summed E-state index contributed by atoms with van der Waals surface area (Å²) in [5.41, 5.74) is 0. The maximum absolute atomic E-state index is 7.50. The quantitative estimate of drug-likeness (QED) is 0.558. The molecular weight excluding hydrogens is 274 g/mol. The molecule has 0 aromatic heterocycles. The molecule has 0 unspecified atom stereocenters. The predicted molar refractivity (Wildman–Crippen MR) is 17.1 cm³/mol. The second-order valence-corrected chi connectivity index (χ2v) is 0. The van der Waals surface area contributed by atoms with Gasteiger partial charge in [-0.3, -0.25) is 14.4 Å². The molecule has 0 rings (SSSR count). The van der Waals surface area contributed by atoms with E-state index in [4.69, 9.17) is 14.4 Å². The van der Waals surface area contributed by atoms with E-state index in [-0.39, 0.29) is 19.8 Å². The van der Waals surface area contributed by atoms with Gasteiger partial charge in [-0.05, 0) is 0 Å². The molecule has 0 heterocycles. The van der Waals surface area contributed by atoms with Crippen LogP contribution in [-0.4, -0.2) is 20.4 Å². The van der Waals surface area contributed by atoms with Crippen LogP contribution in [0, 0.1) is 0 Å².